The minimum absolute atomic E-state index is 0.205. The van der Waals surface area contributed by atoms with Gasteiger partial charge in [-0.05, 0) is 23.3 Å². The predicted octanol–water partition coefficient (Wildman–Crippen LogP) is 4.24. The largest absolute Gasteiger partial charge is 0.160 e. The minimum Gasteiger partial charge on any atom is -0.160 e. The standard InChI is InChI=1S/C10H9FS2/c1-3-7-8(4-2)10(13-11)6-5-9(7)12/h3-6,12H,1-2H2. The van der Waals surface area contributed by atoms with Crippen molar-refractivity contribution in [3.63, 3.8) is 0 Å². The highest BCUT2D eigenvalue weighted by molar-refractivity contribution is 7.94. The SMILES string of the molecule is C=Cc1c(S)ccc(SF)c1C=C. The third-order valence-electron chi connectivity index (χ3n) is 1.72. The molecule has 1 rings (SSSR count). The van der Waals surface area contributed by atoms with Gasteiger partial charge >= 0.3 is 0 Å². The summed E-state index contributed by atoms with van der Waals surface area (Å²) in [4.78, 5) is 1.32. The van der Waals surface area contributed by atoms with Gasteiger partial charge < -0.3 is 0 Å². The zero-order valence-corrected chi connectivity index (χ0v) is 8.67. The van der Waals surface area contributed by atoms with E-state index in [1.165, 1.54) is 0 Å². The summed E-state index contributed by atoms with van der Waals surface area (Å²) in [6.45, 7) is 7.27. The van der Waals surface area contributed by atoms with E-state index < -0.39 is 0 Å². The van der Waals surface area contributed by atoms with Crippen molar-refractivity contribution in [1.29, 1.82) is 0 Å². The van der Waals surface area contributed by atoms with Crippen LogP contribution in [0, 0.1) is 0 Å². The summed E-state index contributed by atoms with van der Waals surface area (Å²) in [6, 6.07) is 3.42. The highest BCUT2D eigenvalue weighted by Gasteiger charge is 2.06. The molecule has 0 atom stereocenters. The summed E-state index contributed by atoms with van der Waals surface area (Å²) in [6.07, 6.45) is 3.26. The number of benzene rings is 1. The molecule has 3 heteroatoms. The van der Waals surface area contributed by atoms with E-state index >= 15 is 0 Å². The molecule has 0 saturated carbocycles. The molecule has 0 N–H and O–H groups in total. The van der Waals surface area contributed by atoms with Crippen molar-refractivity contribution in [3.05, 3.63) is 36.4 Å². The van der Waals surface area contributed by atoms with Gasteiger partial charge in [0.25, 0.3) is 0 Å². The molecular formula is C10H9FS2. The molecule has 0 fully saturated rings. The lowest BCUT2D eigenvalue weighted by molar-refractivity contribution is 0.933. The Labute approximate surface area is 87.3 Å². The molecule has 0 aliphatic carbocycles. The van der Waals surface area contributed by atoms with E-state index in [1.807, 2.05) is 0 Å². The number of halogens is 1. The van der Waals surface area contributed by atoms with Crippen LogP contribution in [0.15, 0.2) is 35.1 Å². The molecule has 68 valence electrons. The van der Waals surface area contributed by atoms with Crippen LogP contribution in [0.1, 0.15) is 11.1 Å². The topological polar surface area (TPSA) is 0 Å². The first-order valence-corrected chi connectivity index (χ1v) is 4.80. The van der Waals surface area contributed by atoms with E-state index in [2.05, 4.69) is 25.8 Å². The first kappa shape index (κ1) is 10.4. The van der Waals surface area contributed by atoms with Gasteiger partial charge in [0.15, 0.2) is 0 Å². The zero-order chi connectivity index (χ0) is 9.84. The Morgan fingerprint density at radius 1 is 1.23 bits per heavy atom. The van der Waals surface area contributed by atoms with E-state index in [1.54, 1.807) is 24.3 Å². The summed E-state index contributed by atoms with van der Waals surface area (Å²) >= 11 is 4.44. The number of rotatable bonds is 3. The molecule has 0 aliphatic rings. The van der Waals surface area contributed by atoms with Gasteiger partial charge in [0.1, 0.15) is 0 Å². The van der Waals surface area contributed by atoms with Crippen molar-refractivity contribution in [1.82, 2.24) is 0 Å². The lowest BCUT2D eigenvalue weighted by Crippen LogP contribution is -1.85. The summed E-state index contributed by atoms with van der Waals surface area (Å²) in [7, 11) is 0. The average Bonchev–Trinajstić information content (AvgIpc) is 2.17. The van der Waals surface area contributed by atoms with E-state index in [9.17, 15) is 3.89 Å². The Morgan fingerprint density at radius 3 is 2.31 bits per heavy atom. The van der Waals surface area contributed by atoms with Crippen molar-refractivity contribution in [2.75, 3.05) is 0 Å². The molecule has 1 aromatic carbocycles. The third-order valence-corrected chi connectivity index (χ3v) is 2.63. The van der Waals surface area contributed by atoms with Crippen LogP contribution < -0.4 is 0 Å². The van der Waals surface area contributed by atoms with Gasteiger partial charge in [0.2, 0.25) is 0 Å². The number of hydrogen-bond acceptors (Lipinski definition) is 2. The summed E-state index contributed by atoms with van der Waals surface area (Å²) in [5.74, 6) is 0. The fourth-order valence-corrected chi connectivity index (χ4v) is 1.78. The molecule has 0 heterocycles. The lowest BCUT2D eigenvalue weighted by Gasteiger charge is -2.07. The van der Waals surface area contributed by atoms with Crippen LogP contribution in [0.25, 0.3) is 12.2 Å². The summed E-state index contributed by atoms with van der Waals surface area (Å²) in [5, 5.41) is 0. The second-order valence-electron chi connectivity index (χ2n) is 2.40. The maximum atomic E-state index is 12.4. The van der Waals surface area contributed by atoms with Crippen molar-refractivity contribution in [2.24, 2.45) is 0 Å². The van der Waals surface area contributed by atoms with Gasteiger partial charge in [0.05, 0.1) is 12.1 Å². The first-order valence-electron chi connectivity index (χ1n) is 3.64. The quantitative estimate of drug-likeness (QED) is 0.731. The molecule has 0 nitrogen and oxygen atoms in total. The molecule has 0 saturated heterocycles. The number of hydrogen-bond donors (Lipinski definition) is 1. The average molecular weight is 212 g/mol. The van der Waals surface area contributed by atoms with Crippen molar-refractivity contribution >= 4 is 36.9 Å². The smallest absolute Gasteiger partial charge is 0.0818 e. The highest BCUT2D eigenvalue weighted by atomic mass is 32.2. The molecule has 0 radical (unpaired) electrons. The Kier molecular flexibility index (Phi) is 3.63. The van der Waals surface area contributed by atoms with E-state index in [-0.39, 0.29) is 12.1 Å². The fraction of sp³-hybridized carbons (Fsp3) is 0. The molecular weight excluding hydrogens is 203 g/mol. The van der Waals surface area contributed by atoms with Crippen molar-refractivity contribution in [2.45, 2.75) is 9.79 Å². The van der Waals surface area contributed by atoms with Crippen LogP contribution >= 0.6 is 24.8 Å². The third kappa shape index (κ3) is 1.98. The molecule has 0 aromatic heterocycles. The maximum absolute atomic E-state index is 12.4. The number of thiol groups is 1. The highest BCUT2D eigenvalue weighted by Crippen LogP contribution is 2.31. The van der Waals surface area contributed by atoms with Gasteiger partial charge in [-0.3, -0.25) is 0 Å². The summed E-state index contributed by atoms with van der Waals surface area (Å²) in [5.41, 5.74) is 1.57. The molecule has 13 heavy (non-hydrogen) atoms. The molecule has 0 amide bonds. The van der Waals surface area contributed by atoms with Crippen molar-refractivity contribution in [3.8, 4) is 0 Å². The normalized spacial score (nSPS) is 9.69. The van der Waals surface area contributed by atoms with Crippen LogP contribution in [0.5, 0.6) is 0 Å². The van der Waals surface area contributed by atoms with Gasteiger partial charge in [-0.2, -0.15) is 3.89 Å². The summed E-state index contributed by atoms with van der Waals surface area (Å²) < 4.78 is 12.4. The van der Waals surface area contributed by atoms with Crippen LogP contribution in [-0.2, 0) is 0 Å². The van der Waals surface area contributed by atoms with Crippen LogP contribution in [0.2, 0.25) is 0 Å². The maximum Gasteiger partial charge on any atom is 0.0818 e. The second-order valence-corrected chi connectivity index (χ2v) is 3.47. The second kappa shape index (κ2) is 4.53. The van der Waals surface area contributed by atoms with E-state index in [4.69, 9.17) is 0 Å². The first-order chi connectivity index (χ1) is 6.24. The zero-order valence-electron chi connectivity index (χ0n) is 6.96. The van der Waals surface area contributed by atoms with Gasteiger partial charge in [-0.15, -0.1) is 12.6 Å². The lowest BCUT2D eigenvalue weighted by atomic mass is 10.1. The molecule has 0 unspecified atom stereocenters. The molecule has 0 bridgehead atoms. The van der Waals surface area contributed by atoms with E-state index in [0.717, 1.165) is 16.0 Å². The Balaban J connectivity index is 3.44. The van der Waals surface area contributed by atoms with Gasteiger partial charge in [0, 0.05) is 9.79 Å². The van der Waals surface area contributed by atoms with Gasteiger partial charge in [-0.25, -0.2) is 0 Å². The molecule has 0 spiro atoms. The minimum atomic E-state index is 0.205. The van der Waals surface area contributed by atoms with Crippen LogP contribution in [0.3, 0.4) is 0 Å². The molecule has 1 aromatic rings. The van der Waals surface area contributed by atoms with E-state index in [0.29, 0.717) is 4.90 Å². The van der Waals surface area contributed by atoms with Crippen LogP contribution in [0.4, 0.5) is 3.89 Å². The van der Waals surface area contributed by atoms with Crippen molar-refractivity contribution < 1.29 is 3.89 Å². The Hall–Kier alpha value is -0.670. The Morgan fingerprint density at radius 2 is 1.85 bits per heavy atom. The molecule has 0 aliphatic heterocycles. The fourth-order valence-electron chi connectivity index (χ4n) is 1.10. The van der Waals surface area contributed by atoms with Crippen LogP contribution in [-0.4, -0.2) is 0 Å². The predicted molar refractivity (Wildman–Crippen MR) is 60.8 cm³/mol. The Bertz CT molecular complexity index is 345. The monoisotopic (exact) mass is 212 g/mol. The van der Waals surface area contributed by atoms with Gasteiger partial charge in [-0.1, -0.05) is 25.3 Å².